The minimum atomic E-state index is -0.964. The van der Waals surface area contributed by atoms with Crippen LogP contribution in [0.2, 0.25) is 0 Å². The molecule has 0 spiro atoms. The third-order valence-corrected chi connectivity index (χ3v) is 3.62. The summed E-state index contributed by atoms with van der Waals surface area (Å²) in [7, 11) is 0. The van der Waals surface area contributed by atoms with E-state index in [9.17, 15) is 9.59 Å². The van der Waals surface area contributed by atoms with Crippen LogP contribution in [-0.2, 0) is 22.7 Å². The zero-order valence-corrected chi connectivity index (χ0v) is 12.6. The van der Waals surface area contributed by atoms with Crippen LogP contribution in [0.15, 0.2) is 6.20 Å². The summed E-state index contributed by atoms with van der Waals surface area (Å²) < 4.78 is 1.94. The van der Waals surface area contributed by atoms with Crippen molar-refractivity contribution in [2.75, 3.05) is 26.2 Å². The van der Waals surface area contributed by atoms with Gasteiger partial charge in [-0.2, -0.15) is 5.10 Å². The molecule has 1 aromatic heterocycles. The maximum atomic E-state index is 11.9. The number of aryl methyl sites for hydroxylation is 2. The zero-order valence-electron chi connectivity index (χ0n) is 12.6. The van der Waals surface area contributed by atoms with E-state index < -0.39 is 5.97 Å². The van der Waals surface area contributed by atoms with Gasteiger partial charge in [-0.05, 0) is 13.3 Å². The molecule has 7 heteroatoms. The first-order valence-corrected chi connectivity index (χ1v) is 7.24. The van der Waals surface area contributed by atoms with Crippen LogP contribution in [0.5, 0.6) is 0 Å². The van der Waals surface area contributed by atoms with Crippen molar-refractivity contribution >= 4 is 11.9 Å². The van der Waals surface area contributed by atoms with Gasteiger partial charge in [0, 0.05) is 37.9 Å². The topological polar surface area (TPSA) is 78.7 Å². The van der Waals surface area contributed by atoms with Crippen molar-refractivity contribution < 1.29 is 14.7 Å². The van der Waals surface area contributed by atoms with Crippen LogP contribution in [0.4, 0.5) is 0 Å². The number of hydrogen-bond acceptors (Lipinski definition) is 4. The number of carboxylic acid groups (broad SMARTS) is 1. The number of hydrogen-bond donors (Lipinski definition) is 1. The Kier molecular flexibility index (Phi) is 4.95. The van der Waals surface area contributed by atoms with E-state index in [1.54, 1.807) is 0 Å². The van der Waals surface area contributed by atoms with Crippen LogP contribution >= 0.6 is 0 Å². The Morgan fingerprint density at radius 3 is 2.81 bits per heavy atom. The number of nitrogens with zero attached hydrogens (tertiary/aromatic N) is 4. The van der Waals surface area contributed by atoms with Gasteiger partial charge in [0.05, 0.1) is 12.2 Å². The summed E-state index contributed by atoms with van der Waals surface area (Å²) in [4.78, 5) is 26.0. The van der Waals surface area contributed by atoms with Crippen LogP contribution in [0.1, 0.15) is 24.6 Å². The van der Waals surface area contributed by atoms with Crippen molar-refractivity contribution in [3.8, 4) is 0 Å². The van der Waals surface area contributed by atoms with Crippen LogP contribution in [-0.4, -0.2) is 62.7 Å². The lowest BCUT2D eigenvalue weighted by Crippen LogP contribution is -2.51. The second-order valence-electron chi connectivity index (χ2n) is 5.42. The molecule has 0 atom stereocenters. The van der Waals surface area contributed by atoms with Gasteiger partial charge in [-0.25, -0.2) is 0 Å². The molecule has 0 bridgehead atoms. The highest BCUT2D eigenvalue weighted by molar-refractivity contribution is 5.83. The maximum Gasteiger partial charge on any atom is 0.323 e. The molecule has 1 aliphatic heterocycles. The molecule has 21 heavy (non-hydrogen) atoms. The number of aliphatic carboxylic acids is 1. The minimum Gasteiger partial charge on any atom is -0.480 e. The van der Waals surface area contributed by atoms with Crippen molar-refractivity contribution in [2.24, 2.45) is 0 Å². The normalized spacial score (nSPS) is 16.5. The summed E-state index contributed by atoms with van der Waals surface area (Å²) in [6, 6.07) is 0. The molecule has 0 unspecified atom stereocenters. The minimum absolute atomic E-state index is 0.123. The van der Waals surface area contributed by atoms with Crippen molar-refractivity contribution in [1.82, 2.24) is 19.6 Å². The second-order valence-corrected chi connectivity index (χ2v) is 5.42. The van der Waals surface area contributed by atoms with Crippen molar-refractivity contribution in [3.63, 3.8) is 0 Å². The van der Waals surface area contributed by atoms with Gasteiger partial charge >= 0.3 is 5.97 Å². The van der Waals surface area contributed by atoms with Crippen LogP contribution in [0, 0.1) is 6.92 Å². The predicted molar refractivity (Wildman–Crippen MR) is 76.7 cm³/mol. The fraction of sp³-hybridized carbons (Fsp3) is 0.643. The molecule has 1 fully saturated rings. The van der Waals surface area contributed by atoms with E-state index >= 15 is 0 Å². The third kappa shape index (κ3) is 4.04. The SMILES string of the molecule is CCCn1cc(CN2CCN(CC(=O)O)C(=O)C2)c(C)n1. The number of aromatic nitrogens is 2. The number of amides is 1. The second kappa shape index (κ2) is 6.71. The fourth-order valence-corrected chi connectivity index (χ4v) is 2.52. The number of rotatable bonds is 6. The number of carbonyl (C=O) groups excluding carboxylic acids is 1. The molecule has 1 N–H and O–H groups in total. The molecule has 1 amide bonds. The van der Waals surface area contributed by atoms with Gasteiger partial charge in [-0.15, -0.1) is 0 Å². The smallest absolute Gasteiger partial charge is 0.323 e. The average Bonchev–Trinajstić information content (AvgIpc) is 2.73. The highest BCUT2D eigenvalue weighted by atomic mass is 16.4. The third-order valence-electron chi connectivity index (χ3n) is 3.62. The molecule has 1 aliphatic rings. The Hall–Kier alpha value is -1.89. The predicted octanol–water partition coefficient (Wildman–Crippen LogP) is 0.330. The van der Waals surface area contributed by atoms with Gasteiger partial charge in [0.15, 0.2) is 0 Å². The van der Waals surface area contributed by atoms with Crippen LogP contribution < -0.4 is 0 Å². The Balaban J connectivity index is 1.93. The molecule has 2 heterocycles. The van der Waals surface area contributed by atoms with Crippen molar-refractivity contribution in [1.29, 1.82) is 0 Å². The molecule has 0 radical (unpaired) electrons. The Labute approximate surface area is 124 Å². The number of piperazine rings is 1. The quantitative estimate of drug-likeness (QED) is 0.818. The first-order chi connectivity index (χ1) is 9.99. The van der Waals surface area contributed by atoms with E-state index in [1.165, 1.54) is 4.90 Å². The molecule has 1 aromatic rings. The Morgan fingerprint density at radius 2 is 2.19 bits per heavy atom. The van der Waals surface area contributed by atoms with Crippen LogP contribution in [0.3, 0.4) is 0 Å². The average molecular weight is 294 g/mol. The van der Waals surface area contributed by atoms with Gasteiger partial charge in [0.2, 0.25) is 5.91 Å². The van der Waals surface area contributed by atoms with E-state index in [4.69, 9.17) is 5.11 Å². The van der Waals surface area contributed by atoms with Gasteiger partial charge < -0.3 is 10.0 Å². The first-order valence-electron chi connectivity index (χ1n) is 7.24. The molecule has 116 valence electrons. The summed E-state index contributed by atoms with van der Waals surface area (Å²) in [6.07, 6.45) is 3.07. The molecule has 7 nitrogen and oxygen atoms in total. The number of carboxylic acids is 1. The lowest BCUT2D eigenvalue weighted by atomic mass is 10.2. The lowest BCUT2D eigenvalue weighted by Gasteiger charge is -2.33. The molecular weight excluding hydrogens is 272 g/mol. The van der Waals surface area contributed by atoms with Gasteiger partial charge in [-0.1, -0.05) is 6.92 Å². The summed E-state index contributed by atoms with van der Waals surface area (Å²) in [6.45, 7) is 6.88. The van der Waals surface area contributed by atoms with Gasteiger partial charge in [0.1, 0.15) is 6.54 Å². The summed E-state index contributed by atoms with van der Waals surface area (Å²) >= 11 is 0. The van der Waals surface area contributed by atoms with E-state index in [1.807, 2.05) is 22.7 Å². The van der Waals surface area contributed by atoms with E-state index in [0.717, 1.165) is 24.2 Å². The molecule has 0 saturated carbocycles. The molecule has 0 aliphatic carbocycles. The maximum absolute atomic E-state index is 11.9. The Morgan fingerprint density at radius 1 is 1.43 bits per heavy atom. The molecule has 1 saturated heterocycles. The van der Waals surface area contributed by atoms with E-state index in [2.05, 4.69) is 12.0 Å². The lowest BCUT2D eigenvalue weighted by molar-refractivity contribution is -0.147. The summed E-state index contributed by atoms with van der Waals surface area (Å²) in [5.41, 5.74) is 2.12. The van der Waals surface area contributed by atoms with Crippen molar-refractivity contribution in [3.05, 3.63) is 17.5 Å². The Bertz CT molecular complexity index is 526. The summed E-state index contributed by atoms with van der Waals surface area (Å²) in [5, 5.41) is 13.2. The highest BCUT2D eigenvalue weighted by Gasteiger charge is 2.25. The number of carbonyl (C=O) groups is 2. The molecular formula is C14H22N4O3. The highest BCUT2D eigenvalue weighted by Crippen LogP contribution is 2.12. The molecule has 0 aromatic carbocycles. The van der Waals surface area contributed by atoms with E-state index in [0.29, 0.717) is 19.6 Å². The van der Waals surface area contributed by atoms with Crippen molar-refractivity contribution in [2.45, 2.75) is 33.4 Å². The van der Waals surface area contributed by atoms with Gasteiger partial charge in [0.25, 0.3) is 0 Å². The van der Waals surface area contributed by atoms with Crippen LogP contribution in [0.25, 0.3) is 0 Å². The standard InChI is InChI=1S/C14H22N4O3/c1-3-4-18-8-12(11(2)15-18)7-16-5-6-17(10-14(20)21)13(19)9-16/h8H,3-7,9-10H2,1-2H3,(H,20,21). The first kappa shape index (κ1) is 15.5. The monoisotopic (exact) mass is 294 g/mol. The van der Waals surface area contributed by atoms with E-state index in [-0.39, 0.29) is 19.0 Å². The zero-order chi connectivity index (χ0) is 15.4. The van der Waals surface area contributed by atoms with Gasteiger partial charge in [-0.3, -0.25) is 19.2 Å². The largest absolute Gasteiger partial charge is 0.480 e. The fourth-order valence-electron chi connectivity index (χ4n) is 2.52. The summed E-state index contributed by atoms with van der Waals surface area (Å²) in [5.74, 6) is -1.09. The molecule has 2 rings (SSSR count).